The molecule has 0 rings (SSSR count). The van der Waals surface area contributed by atoms with Gasteiger partial charge in [-0.2, -0.15) is 0 Å². The highest BCUT2D eigenvalue weighted by Crippen LogP contribution is 2.10. The largest absolute Gasteiger partial charge is 0.481 e. The smallest absolute Gasteiger partial charge is 0.320 e. The first-order chi connectivity index (χ1) is 19.2. The average Bonchev–Trinajstić information content (AvgIpc) is 2.91. The van der Waals surface area contributed by atoms with Crippen LogP contribution in [0.5, 0.6) is 0 Å². The number of Topliss-reactive ketones (excluding diaryl/α,β-unsaturated/α-hetero) is 1. The van der Waals surface area contributed by atoms with Gasteiger partial charge in [0.25, 0.3) is 0 Å². The summed E-state index contributed by atoms with van der Waals surface area (Å²) in [6, 6.07) is -0.879. The summed E-state index contributed by atoms with van der Waals surface area (Å²) in [5.41, 5.74) is 5.40. The summed E-state index contributed by atoms with van der Waals surface area (Å²) in [6.45, 7) is 4.13. The molecule has 0 aliphatic carbocycles. The minimum absolute atomic E-state index is 0.0210. The second-order valence-electron chi connectivity index (χ2n) is 9.09. The molecule has 0 aromatic rings. The van der Waals surface area contributed by atoms with Crippen LogP contribution in [0.3, 0.4) is 0 Å². The first-order valence-corrected chi connectivity index (χ1v) is 13.7. The SMILES string of the molecule is CC[C@@H](CCC(=O)NCCOCCOCC(=O)CCCOCCOCC(=O)NCCCC[C@H](N)C(=O)O)C(=O)O. The highest BCUT2D eigenvalue weighted by Gasteiger charge is 2.16. The second-order valence-corrected chi connectivity index (χ2v) is 9.09. The molecule has 0 aromatic heterocycles. The van der Waals surface area contributed by atoms with Crippen LogP contribution in [0.15, 0.2) is 0 Å². The molecule has 2 atom stereocenters. The number of rotatable bonds is 28. The topological polar surface area (TPSA) is 213 Å². The highest BCUT2D eigenvalue weighted by atomic mass is 16.5. The monoisotopic (exact) mass is 577 g/mol. The van der Waals surface area contributed by atoms with Gasteiger partial charge in [-0.1, -0.05) is 6.92 Å². The van der Waals surface area contributed by atoms with Crippen molar-refractivity contribution in [3.8, 4) is 0 Å². The van der Waals surface area contributed by atoms with Gasteiger partial charge in [0.15, 0.2) is 5.78 Å². The Kier molecular flexibility index (Phi) is 23.6. The lowest BCUT2D eigenvalue weighted by atomic mass is 10.0. The van der Waals surface area contributed by atoms with Crippen LogP contribution in [0.1, 0.15) is 58.3 Å². The van der Waals surface area contributed by atoms with Crippen molar-refractivity contribution in [1.82, 2.24) is 10.6 Å². The number of ketones is 1. The Bertz CT molecular complexity index is 737. The third kappa shape index (κ3) is 23.3. The van der Waals surface area contributed by atoms with Gasteiger partial charge in [0.2, 0.25) is 11.8 Å². The molecular weight excluding hydrogens is 530 g/mol. The lowest BCUT2D eigenvalue weighted by Gasteiger charge is -2.10. The van der Waals surface area contributed by atoms with E-state index in [4.69, 9.17) is 34.9 Å². The number of nitrogens with two attached hydrogens (primary N) is 1. The zero-order chi connectivity index (χ0) is 30.0. The van der Waals surface area contributed by atoms with Crippen molar-refractivity contribution in [3.63, 3.8) is 0 Å². The van der Waals surface area contributed by atoms with Crippen LogP contribution in [-0.2, 0) is 42.9 Å². The molecule has 0 unspecified atom stereocenters. The molecule has 0 spiro atoms. The minimum atomic E-state index is -1.03. The maximum absolute atomic E-state index is 11.8. The fraction of sp³-hybridized carbons (Fsp3) is 0.808. The van der Waals surface area contributed by atoms with E-state index in [1.54, 1.807) is 6.92 Å². The molecule has 14 nitrogen and oxygen atoms in total. The van der Waals surface area contributed by atoms with Crippen molar-refractivity contribution in [3.05, 3.63) is 0 Å². The molecule has 0 radical (unpaired) electrons. The standard InChI is InChI=1S/C26H47N3O11/c1-2-20(25(33)34)8-9-23(31)29-11-13-38-15-16-39-18-21(30)6-5-12-37-14-17-40-19-24(32)28-10-4-3-7-22(27)26(35)36/h20,22H,2-19,27H2,1H3,(H,28,32)(H,29,31)(H,33,34)(H,35,36)/t20-,22-/m0/s1. The van der Waals surface area contributed by atoms with Crippen LogP contribution in [0, 0.1) is 5.92 Å². The molecule has 40 heavy (non-hydrogen) atoms. The van der Waals surface area contributed by atoms with Gasteiger partial charge in [0.05, 0.1) is 39.0 Å². The Morgan fingerprint density at radius 2 is 1.30 bits per heavy atom. The number of carbonyl (C=O) groups is 5. The zero-order valence-corrected chi connectivity index (χ0v) is 23.5. The molecule has 0 fully saturated rings. The number of unbranched alkanes of at least 4 members (excludes halogenated alkanes) is 1. The molecule has 0 aliphatic rings. The fourth-order valence-corrected chi connectivity index (χ4v) is 3.28. The van der Waals surface area contributed by atoms with E-state index in [0.29, 0.717) is 71.2 Å². The summed E-state index contributed by atoms with van der Waals surface area (Å²) >= 11 is 0. The van der Waals surface area contributed by atoms with E-state index >= 15 is 0 Å². The number of aliphatic carboxylic acids is 2. The van der Waals surface area contributed by atoms with Gasteiger partial charge in [-0.15, -0.1) is 0 Å². The number of carboxylic acid groups (broad SMARTS) is 2. The normalized spacial score (nSPS) is 12.4. The van der Waals surface area contributed by atoms with Crippen molar-refractivity contribution in [2.24, 2.45) is 11.7 Å². The van der Waals surface area contributed by atoms with Crippen molar-refractivity contribution in [2.75, 3.05) is 65.9 Å². The molecule has 0 bridgehead atoms. The van der Waals surface area contributed by atoms with E-state index in [9.17, 15) is 24.0 Å². The number of carboxylic acids is 2. The lowest BCUT2D eigenvalue weighted by molar-refractivity contribution is -0.142. The second kappa shape index (κ2) is 25.3. The van der Waals surface area contributed by atoms with E-state index in [0.717, 1.165) is 0 Å². The predicted octanol–water partition coefficient (Wildman–Crippen LogP) is 0.108. The minimum Gasteiger partial charge on any atom is -0.481 e. The number of carbonyl (C=O) groups excluding carboxylic acids is 3. The summed E-state index contributed by atoms with van der Waals surface area (Å²) < 4.78 is 21.2. The first kappa shape index (κ1) is 37.4. The molecule has 14 heteroatoms. The van der Waals surface area contributed by atoms with Gasteiger partial charge in [-0.25, -0.2) is 0 Å². The van der Waals surface area contributed by atoms with E-state index in [-0.39, 0.29) is 63.7 Å². The number of ether oxygens (including phenoxy) is 4. The third-order valence-electron chi connectivity index (χ3n) is 5.70. The molecule has 232 valence electrons. The summed E-state index contributed by atoms with van der Waals surface area (Å²) in [5.74, 6) is -2.96. The van der Waals surface area contributed by atoms with Crippen LogP contribution in [-0.4, -0.2) is 112 Å². The van der Waals surface area contributed by atoms with Crippen molar-refractivity contribution in [2.45, 2.75) is 64.3 Å². The summed E-state index contributed by atoms with van der Waals surface area (Å²) in [6.07, 6.45) is 3.40. The van der Waals surface area contributed by atoms with Gasteiger partial charge in [-0.05, 0) is 38.5 Å². The van der Waals surface area contributed by atoms with E-state index < -0.39 is 23.9 Å². The first-order valence-electron chi connectivity index (χ1n) is 13.7. The van der Waals surface area contributed by atoms with E-state index in [2.05, 4.69) is 10.6 Å². The third-order valence-corrected chi connectivity index (χ3v) is 5.70. The Labute approximate surface area is 235 Å². The summed E-state index contributed by atoms with van der Waals surface area (Å²) in [7, 11) is 0. The molecular formula is C26H47N3O11. The van der Waals surface area contributed by atoms with Crippen LogP contribution in [0.25, 0.3) is 0 Å². The van der Waals surface area contributed by atoms with E-state index in [1.807, 2.05) is 0 Å². The van der Waals surface area contributed by atoms with Crippen LogP contribution in [0.4, 0.5) is 0 Å². The summed E-state index contributed by atoms with van der Waals surface area (Å²) in [4.78, 5) is 56.7. The molecule has 2 amide bonds. The van der Waals surface area contributed by atoms with Gasteiger partial charge >= 0.3 is 11.9 Å². The number of nitrogens with one attached hydrogen (secondary N) is 2. The zero-order valence-electron chi connectivity index (χ0n) is 23.5. The Morgan fingerprint density at radius 1 is 0.675 bits per heavy atom. The fourth-order valence-electron chi connectivity index (χ4n) is 3.28. The van der Waals surface area contributed by atoms with Gasteiger partial charge in [-0.3, -0.25) is 24.0 Å². The Morgan fingerprint density at radius 3 is 1.95 bits per heavy atom. The number of amides is 2. The number of hydrogen-bond acceptors (Lipinski definition) is 10. The van der Waals surface area contributed by atoms with Crippen LogP contribution < -0.4 is 16.4 Å². The van der Waals surface area contributed by atoms with Crippen LogP contribution >= 0.6 is 0 Å². The van der Waals surface area contributed by atoms with Crippen molar-refractivity contribution < 1.29 is 53.1 Å². The number of hydrogen-bond donors (Lipinski definition) is 5. The summed E-state index contributed by atoms with van der Waals surface area (Å²) in [5, 5.41) is 23.0. The van der Waals surface area contributed by atoms with Crippen LogP contribution in [0.2, 0.25) is 0 Å². The molecule has 0 heterocycles. The molecule has 6 N–H and O–H groups in total. The van der Waals surface area contributed by atoms with E-state index in [1.165, 1.54) is 0 Å². The molecule has 0 saturated heterocycles. The maximum atomic E-state index is 11.8. The molecule has 0 aromatic carbocycles. The van der Waals surface area contributed by atoms with Crippen molar-refractivity contribution in [1.29, 1.82) is 0 Å². The molecule has 0 saturated carbocycles. The highest BCUT2D eigenvalue weighted by molar-refractivity contribution is 5.79. The Balaban J connectivity index is 3.44. The average molecular weight is 578 g/mol. The Hall–Kier alpha value is -2.65. The van der Waals surface area contributed by atoms with Gasteiger partial charge in [0.1, 0.15) is 19.3 Å². The lowest BCUT2D eigenvalue weighted by Crippen LogP contribution is -2.31. The molecule has 0 aliphatic heterocycles. The van der Waals surface area contributed by atoms with Crippen molar-refractivity contribution >= 4 is 29.5 Å². The predicted molar refractivity (Wildman–Crippen MR) is 144 cm³/mol. The van der Waals surface area contributed by atoms with Gasteiger partial charge in [0, 0.05) is 32.5 Å². The quantitative estimate of drug-likeness (QED) is 0.0784. The maximum Gasteiger partial charge on any atom is 0.320 e. The van der Waals surface area contributed by atoms with Gasteiger partial charge < -0.3 is 45.5 Å².